The van der Waals surface area contributed by atoms with Crippen LogP contribution in [0.4, 0.5) is 0 Å². The quantitative estimate of drug-likeness (QED) is 0.768. The van der Waals surface area contributed by atoms with Crippen LogP contribution in [0.3, 0.4) is 0 Å². The Hall–Kier alpha value is -1.40. The minimum absolute atomic E-state index is 0.166. The summed E-state index contributed by atoms with van der Waals surface area (Å²) in [5.41, 5.74) is 0.531. The molecule has 0 aromatic carbocycles. The number of aliphatic imine (C=N–C) groups is 1. The van der Waals surface area contributed by atoms with Crippen molar-refractivity contribution >= 4 is 11.7 Å². The monoisotopic (exact) mass is 377 g/mol. The summed E-state index contributed by atoms with van der Waals surface area (Å²) in [6.45, 7) is 9.05. The Labute approximate surface area is 163 Å². The molecule has 0 bridgehead atoms. The Bertz CT molecular complexity index is 633. The highest BCUT2D eigenvalue weighted by atomic mass is 16.7. The summed E-state index contributed by atoms with van der Waals surface area (Å²) in [6, 6.07) is 0.314. The van der Waals surface area contributed by atoms with E-state index in [1.165, 1.54) is 5.57 Å². The average molecular weight is 378 g/mol. The third-order valence-electron chi connectivity index (χ3n) is 6.19. The summed E-state index contributed by atoms with van der Waals surface area (Å²) in [7, 11) is 3.35. The van der Waals surface area contributed by atoms with Gasteiger partial charge >= 0.3 is 0 Å². The molecule has 0 radical (unpaired) electrons. The van der Waals surface area contributed by atoms with E-state index >= 15 is 0 Å². The highest BCUT2D eigenvalue weighted by molar-refractivity contribution is 5.96. The summed E-state index contributed by atoms with van der Waals surface area (Å²) in [4.78, 5) is 20.6. The zero-order chi connectivity index (χ0) is 19.8. The fourth-order valence-corrected chi connectivity index (χ4v) is 4.81. The zero-order valence-electron chi connectivity index (χ0n) is 17.7. The number of amidine groups is 1. The molecule has 3 atom stereocenters. The molecule has 0 aromatic heterocycles. The van der Waals surface area contributed by atoms with Gasteiger partial charge in [0.25, 0.3) is 0 Å². The molecule has 3 aliphatic rings. The van der Waals surface area contributed by atoms with Gasteiger partial charge in [-0.3, -0.25) is 9.79 Å². The lowest BCUT2D eigenvalue weighted by atomic mass is 9.75. The maximum Gasteiger partial charge on any atom is 0.233 e. The van der Waals surface area contributed by atoms with E-state index in [0.717, 1.165) is 31.5 Å². The molecule has 1 N–H and O–H groups in total. The number of piperidine rings is 1. The van der Waals surface area contributed by atoms with Crippen molar-refractivity contribution in [2.75, 3.05) is 20.8 Å². The number of hydrogen-bond acceptors (Lipinski definition) is 4. The lowest BCUT2D eigenvalue weighted by Gasteiger charge is -2.44. The van der Waals surface area contributed by atoms with Crippen molar-refractivity contribution in [2.24, 2.45) is 16.3 Å². The van der Waals surface area contributed by atoms with Gasteiger partial charge in [-0.2, -0.15) is 0 Å². The van der Waals surface area contributed by atoms with Crippen molar-refractivity contribution in [2.45, 2.75) is 77.7 Å². The minimum atomic E-state index is -0.512. The molecule has 2 saturated heterocycles. The molecule has 3 aliphatic heterocycles. The molecule has 27 heavy (non-hydrogen) atoms. The summed E-state index contributed by atoms with van der Waals surface area (Å²) in [5.74, 6) is 1.36. The summed E-state index contributed by atoms with van der Waals surface area (Å²) >= 11 is 0. The second-order valence-electron chi connectivity index (χ2n) is 9.38. The fraction of sp³-hybridized carbons (Fsp3) is 0.810. The topological polar surface area (TPSA) is 63.2 Å². The van der Waals surface area contributed by atoms with Crippen LogP contribution >= 0.6 is 0 Å². The van der Waals surface area contributed by atoms with Crippen LogP contribution in [0.15, 0.2) is 16.8 Å². The van der Waals surface area contributed by atoms with Gasteiger partial charge in [-0.15, -0.1) is 0 Å². The number of carbonyl (C=O) groups is 1. The smallest absolute Gasteiger partial charge is 0.233 e. The van der Waals surface area contributed by atoms with Gasteiger partial charge in [-0.25, -0.2) is 0 Å². The van der Waals surface area contributed by atoms with Crippen LogP contribution in [-0.4, -0.2) is 55.3 Å². The number of rotatable bonds is 3. The van der Waals surface area contributed by atoms with Crippen LogP contribution in [0.5, 0.6) is 0 Å². The molecule has 0 aliphatic carbocycles. The molecule has 0 saturated carbocycles. The maximum atomic E-state index is 13.7. The highest BCUT2D eigenvalue weighted by Crippen LogP contribution is 2.44. The number of nitrogens with one attached hydrogen (secondary N) is 1. The van der Waals surface area contributed by atoms with Gasteiger partial charge in [-0.05, 0) is 59.0 Å². The number of fused-ring (bicyclic) bond motifs is 2. The molecule has 0 aromatic rings. The fourth-order valence-electron chi connectivity index (χ4n) is 4.81. The van der Waals surface area contributed by atoms with Gasteiger partial charge in [0.05, 0.1) is 11.0 Å². The summed E-state index contributed by atoms with van der Waals surface area (Å²) in [6.07, 6.45) is 6.46. The first-order valence-electron chi connectivity index (χ1n) is 10.1. The van der Waals surface area contributed by atoms with E-state index in [2.05, 4.69) is 37.9 Å². The van der Waals surface area contributed by atoms with Gasteiger partial charge in [0.1, 0.15) is 5.84 Å². The maximum absolute atomic E-state index is 13.7. The van der Waals surface area contributed by atoms with E-state index in [1.54, 1.807) is 14.2 Å². The number of nitrogens with zero attached hydrogens (tertiary/aromatic N) is 2. The first-order chi connectivity index (χ1) is 12.7. The molecule has 3 rings (SSSR count). The summed E-state index contributed by atoms with van der Waals surface area (Å²) < 4.78 is 11.0. The van der Waals surface area contributed by atoms with Gasteiger partial charge < -0.3 is 19.7 Å². The summed E-state index contributed by atoms with van der Waals surface area (Å²) in [5, 5.41) is 3.35. The van der Waals surface area contributed by atoms with Crippen molar-refractivity contribution in [3.8, 4) is 0 Å². The number of amides is 1. The largest absolute Gasteiger partial charge is 0.356 e. The third-order valence-corrected chi connectivity index (χ3v) is 6.19. The van der Waals surface area contributed by atoms with Crippen molar-refractivity contribution in [1.82, 2.24) is 10.2 Å². The average Bonchev–Trinajstić information content (AvgIpc) is 2.70. The first kappa shape index (κ1) is 20.3. The molecule has 0 spiro atoms. The molecule has 1 amide bonds. The van der Waals surface area contributed by atoms with E-state index in [9.17, 15) is 4.79 Å². The van der Waals surface area contributed by atoms with Crippen molar-refractivity contribution in [3.63, 3.8) is 0 Å². The van der Waals surface area contributed by atoms with Crippen molar-refractivity contribution in [1.29, 1.82) is 0 Å². The van der Waals surface area contributed by atoms with Crippen molar-refractivity contribution in [3.05, 3.63) is 11.8 Å². The molecule has 152 valence electrons. The first-order valence-corrected chi connectivity index (χ1v) is 10.1. The Morgan fingerprint density at radius 3 is 2.59 bits per heavy atom. The van der Waals surface area contributed by atoms with Crippen molar-refractivity contribution < 1.29 is 14.3 Å². The Balaban J connectivity index is 1.87. The normalized spacial score (nSPS) is 33.3. The van der Waals surface area contributed by atoms with Crippen LogP contribution in [0.1, 0.15) is 59.8 Å². The predicted octanol–water partition coefficient (Wildman–Crippen LogP) is 3.09. The zero-order valence-corrected chi connectivity index (χ0v) is 17.7. The predicted molar refractivity (Wildman–Crippen MR) is 106 cm³/mol. The van der Waals surface area contributed by atoms with E-state index in [1.807, 2.05) is 6.20 Å². The van der Waals surface area contributed by atoms with Crippen LogP contribution in [0, 0.1) is 11.3 Å². The minimum Gasteiger partial charge on any atom is -0.356 e. The molecular formula is C21H35N3O3. The number of carbonyl (C=O) groups excluding carboxylic acids is 1. The van der Waals surface area contributed by atoms with E-state index in [0.29, 0.717) is 19.0 Å². The van der Waals surface area contributed by atoms with Crippen LogP contribution in [0.25, 0.3) is 0 Å². The number of methoxy groups -OCH3 is 2. The number of hydrogen-bond donors (Lipinski definition) is 1. The second-order valence-corrected chi connectivity index (χ2v) is 9.38. The van der Waals surface area contributed by atoms with E-state index < -0.39 is 5.41 Å². The van der Waals surface area contributed by atoms with Gasteiger partial charge in [-0.1, -0.05) is 0 Å². The molecular weight excluding hydrogens is 342 g/mol. The van der Waals surface area contributed by atoms with Gasteiger partial charge in [0, 0.05) is 45.3 Å². The molecule has 6 heteroatoms. The highest BCUT2D eigenvalue weighted by Gasteiger charge is 2.49. The second kappa shape index (κ2) is 7.55. The SMILES string of the molecule is COC(OC)C1CCC2CCC3=CNC(=NC(C)(C)C)CC3(C)C(=O)N2C1. The van der Waals surface area contributed by atoms with E-state index in [4.69, 9.17) is 14.5 Å². The lowest BCUT2D eigenvalue weighted by molar-refractivity contribution is -0.163. The molecule has 3 heterocycles. The molecule has 3 unspecified atom stereocenters. The third kappa shape index (κ3) is 4.06. The molecule has 6 nitrogen and oxygen atoms in total. The van der Waals surface area contributed by atoms with Crippen LogP contribution in [0.2, 0.25) is 0 Å². The molecule has 2 fully saturated rings. The van der Waals surface area contributed by atoms with Crippen LogP contribution in [-0.2, 0) is 14.3 Å². The Morgan fingerprint density at radius 1 is 1.26 bits per heavy atom. The standard InChI is InChI=1S/C21H35N3O3/c1-20(2,3)23-17-11-21(4)15(12-22-17)8-10-16-9-7-14(18(26-5)27-6)13-24(16)19(21)25/h12,14,16,18H,7-11,13H2,1-6H3,(H,22,23). The van der Waals surface area contributed by atoms with Gasteiger partial charge in [0.2, 0.25) is 5.91 Å². The van der Waals surface area contributed by atoms with Gasteiger partial charge in [0.15, 0.2) is 6.29 Å². The Morgan fingerprint density at radius 2 is 1.96 bits per heavy atom. The Kier molecular flexibility index (Phi) is 5.69. The lowest BCUT2D eigenvalue weighted by Crippen LogP contribution is -2.54. The van der Waals surface area contributed by atoms with Crippen LogP contribution < -0.4 is 5.32 Å². The number of ether oxygens (including phenoxy) is 2. The van der Waals surface area contributed by atoms with E-state index in [-0.39, 0.29) is 23.7 Å².